The molecule has 1 aliphatic rings. The summed E-state index contributed by atoms with van der Waals surface area (Å²) in [6, 6.07) is 8.84. The highest BCUT2D eigenvalue weighted by molar-refractivity contribution is 5.79. The van der Waals surface area contributed by atoms with Gasteiger partial charge in [-0.2, -0.15) is 0 Å². The Hall–Kier alpha value is -1.83. The van der Waals surface area contributed by atoms with E-state index < -0.39 is 0 Å². The molecule has 31 heavy (non-hydrogen) atoms. The molecule has 1 aliphatic heterocycles. The van der Waals surface area contributed by atoms with Crippen molar-refractivity contribution < 1.29 is 9.47 Å². The first-order chi connectivity index (χ1) is 15.2. The predicted molar refractivity (Wildman–Crippen MR) is 130 cm³/mol. The van der Waals surface area contributed by atoms with E-state index in [1.807, 2.05) is 0 Å². The number of benzene rings is 1. The second kappa shape index (κ2) is 15.9. The molecule has 1 saturated heterocycles. The zero-order valence-electron chi connectivity index (χ0n) is 19.9. The number of piperazine rings is 1. The van der Waals surface area contributed by atoms with E-state index in [0.29, 0.717) is 13.2 Å². The molecule has 1 heterocycles. The Labute approximate surface area is 189 Å². The van der Waals surface area contributed by atoms with Gasteiger partial charge in [0.05, 0.1) is 13.2 Å². The third-order valence-electron chi connectivity index (χ3n) is 5.43. The minimum Gasteiger partial charge on any atom is -0.382 e. The van der Waals surface area contributed by atoms with Crippen LogP contribution >= 0.6 is 0 Å². The van der Waals surface area contributed by atoms with Crippen molar-refractivity contribution in [3.63, 3.8) is 0 Å². The van der Waals surface area contributed by atoms with Crippen LogP contribution in [0.5, 0.6) is 0 Å². The van der Waals surface area contributed by atoms with Crippen LogP contribution in [-0.2, 0) is 9.47 Å². The fourth-order valence-corrected chi connectivity index (χ4v) is 3.67. The molecule has 0 spiro atoms. The topological polar surface area (TPSA) is 61.4 Å². The number of ether oxygens (including phenoxy) is 2. The summed E-state index contributed by atoms with van der Waals surface area (Å²) < 4.78 is 10.5. The van der Waals surface area contributed by atoms with Crippen molar-refractivity contribution in [1.82, 2.24) is 15.5 Å². The summed E-state index contributed by atoms with van der Waals surface area (Å²) in [6.45, 7) is 14.6. The molecule has 0 atom stereocenters. The number of guanidine groups is 1. The molecule has 0 radical (unpaired) electrons. The van der Waals surface area contributed by atoms with E-state index in [2.05, 4.69) is 63.5 Å². The summed E-state index contributed by atoms with van der Waals surface area (Å²) in [6.07, 6.45) is 3.29. The number of anilines is 1. The quantitative estimate of drug-likeness (QED) is 0.267. The van der Waals surface area contributed by atoms with Crippen molar-refractivity contribution in [2.75, 3.05) is 84.2 Å². The normalized spacial score (nSPS) is 15.3. The first-order valence-electron chi connectivity index (χ1n) is 11.9. The molecule has 1 aromatic rings. The monoisotopic (exact) mass is 433 g/mol. The van der Waals surface area contributed by atoms with Crippen LogP contribution in [0.3, 0.4) is 0 Å². The van der Waals surface area contributed by atoms with Crippen LogP contribution in [-0.4, -0.2) is 90.1 Å². The summed E-state index contributed by atoms with van der Waals surface area (Å²) >= 11 is 0. The molecule has 0 aliphatic carbocycles. The Morgan fingerprint density at radius 2 is 1.87 bits per heavy atom. The van der Waals surface area contributed by atoms with Gasteiger partial charge in [0.25, 0.3) is 0 Å². The van der Waals surface area contributed by atoms with Crippen molar-refractivity contribution in [2.45, 2.75) is 33.1 Å². The highest BCUT2D eigenvalue weighted by Crippen LogP contribution is 2.17. The first-order valence-corrected chi connectivity index (χ1v) is 11.9. The molecule has 1 fully saturated rings. The molecule has 1 aromatic carbocycles. The summed E-state index contributed by atoms with van der Waals surface area (Å²) in [5.41, 5.74) is 2.70. The lowest BCUT2D eigenvalue weighted by Gasteiger charge is -2.36. The van der Waals surface area contributed by atoms with Crippen molar-refractivity contribution >= 4 is 11.6 Å². The first kappa shape index (κ1) is 25.4. The van der Waals surface area contributed by atoms with E-state index in [1.165, 1.54) is 24.2 Å². The second-order valence-corrected chi connectivity index (χ2v) is 8.02. The summed E-state index contributed by atoms with van der Waals surface area (Å²) in [5, 5.41) is 6.78. The minimum atomic E-state index is 0.649. The van der Waals surface area contributed by atoms with E-state index in [1.54, 1.807) is 7.11 Å². The molecular weight excluding hydrogens is 390 g/mol. The average Bonchev–Trinajstić information content (AvgIpc) is 2.78. The summed E-state index contributed by atoms with van der Waals surface area (Å²) in [5.74, 6) is 0.908. The summed E-state index contributed by atoms with van der Waals surface area (Å²) in [4.78, 5) is 9.73. The van der Waals surface area contributed by atoms with Gasteiger partial charge in [-0.3, -0.25) is 9.89 Å². The smallest absolute Gasteiger partial charge is 0.191 e. The van der Waals surface area contributed by atoms with E-state index in [0.717, 1.165) is 71.2 Å². The lowest BCUT2D eigenvalue weighted by atomic mass is 10.2. The lowest BCUT2D eigenvalue weighted by Crippen LogP contribution is -2.46. The fourth-order valence-electron chi connectivity index (χ4n) is 3.67. The molecule has 0 aromatic heterocycles. The van der Waals surface area contributed by atoms with Gasteiger partial charge in [0.1, 0.15) is 0 Å². The largest absolute Gasteiger partial charge is 0.382 e. The maximum atomic E-state index is 5.48. The van der Waals surface area contributed by atoms with Gasteiger partial charge in [0.2, 0.25) is 0 Å². The SMILES string of the molecule is CCNC(=NCCCOCCOC)NCCCCN1CCN(c2cccc(C)c2)CC1. The molecule has 176 valence electrons. The molecule has 7 nitrogen and oxygen atoms in total. The van der Waals surface area contributed by atoms with E-state index >= 15 is 0 Å². The maximum Gasteiger partial charge on any atom is 0.191 e. The molecule has 0 amide bonds. The van der Waals surface area contributed by atoms with Crippen LogP contribution < -0.4 is 15.5 Å². The highest BCUT2D eigenvalue weighted by Gasteiger charge is 2.16. The van der Waals surface area contributed by atoms with Gasteiger partial charge in [-0.25, -0.2) is 0 Å². The molecular formula is C24H43N5O2. The van der Waals surface area contributed by atoms with Crippen LogP contribution in [0.2, 0.25) is 0 Å². The van der Waals surface area contributed by atoms with Gasteiger partial charge >= 0.3 is 0 Å². The Morgan fingerprint density at radius 1 is 1.03 bits per heavy atom. The second-order valence-electron chi connectivity index (χ2n) is 8.02. The van der Waals surface area contributed by atoms with Gasteiger partial charge in [0.15, 0.2) is 5.96 Å². The van der Waals surface area contributed by atoms with E-state index in [9.17, 15) is 0 Å². The van der Waals surface area contributed by atoms with Crippen molar-refractivity contribution in [2.24, 2.45) is 4.99 Å². The van der Waals surface area contributed by atoms with Crippen molar-refractivity contribution in [1.29, 1.82) is 0 Å². The number of aliphatic imine (C=N–C) groups is 1. The van der Waals surface area contributed by atoms with Crippen molar-refractivity contribution in [3.8, 4) is 0 Å². The Kier molecular flexibility index (Phi) is 13.0. The highest BCUT2D eigenvalue weighted by atomic mass is 16.5. The van der Waals surface area contributed by atoms with Gasteiger partial charge in [-0.05, 0) is 57.4 Å². The number of rotatable bonds is 14. The number of hydrogen-bond donors (Lipinski definition) is 2. The number of aryl methyl sites for hydroxylation is 1. The van der Waals surface area contributed by atoms with Crippen LogP contribution in [0.25, 0.3) is 0 Å². The molecule has 2 rings (SSSR count). The maximum absolute atomic E-state index is 5.48. The third-order valence-corrected chi connectivity index (χ3v) is 5.43. The Morgan fingerprint density at radius 3 is 2.61 bits per heavy atom. The predicted octanol–water partition coefficient (Wildman–Crippen LogP) is 2.51. The third kappa shape index (κ3) is 10.8. The van der Waals surface area contributed by atoms with Crippen LogP contribution in [0, 0.1) is 6.92 Å². The van der Waals surface area contributed by atoms with Gasteiger partial charge in [-0.1, -0.05) is 12.1 Å². The number of nitrogens with zero attached hydrogens (tertiary/aromatic N) is 3. The van der Waals surface area contributed by atoms with Gasteiger partial charge in [0, 0.05) is 65.2 Å². The Balaban J connectivity index is 1.54. The van der Waals surface area contributed by atoms with Crippen LogP contribution in [0.4, 0.5) is 5.69 Å². The van der Waals surface area contributed by atoms with Crippen LogP contribution in [0.15, 0.2) is 29.3 Å². The van der Waals surface area contributed by atoms with Crippen LogP contribution in [0.1, 0.15) is 31.7 Å². The zero-order chi connectivity index (χ0) is 22.2. The van der Waals surface area contributed by atoms with Crippen molar-refractivity contribution in [3.05, 3.63) is 29.8 Å². The fraction of sp³-hybridized carbons (Fsp3) is 0.708. The summed E-state index contributed by atoms with van der Waals surface area (Å²) in [7, 11) is 1.69. The molecule has 2 N–H and O–H groups in total. The number of nitrogens with one attached hydrogen (secondary N) is 2. The lowest BCUT2D eigenvalue weighted by molar-refractivity contribution is 0.0702. The molecule has 0 bridgehead atoms. The number of unbranched alkanes of at least 4 members (excludes halogenated alkanes) is 1. The standard InChI is InChI=1S/C24H43N5O2/c1-4-25-24(27-12-8-18-31-20-19-30-3)26-11-5-6-13-28-14-16-29(17-15-28)23-10-7-9-22(2)21-23/h7,9-10,21H,4-6,8,11-20H2,1-3H3,(H2,25,26,27). The zero-order valence-corrected chi connectivity index (χ0v) is 19.9. The minimum absolute atomic E-state index is 0.649. The Bertz CT molecular complexity index is 618. The molecule has 0 saturated carbocycles. The average molecular weight is 434 g/mol. The van der Waals surface area contributed by atoms with E-state index in [4.69, 9.17) is 9.47 Å². The van der Waals surface area contributed by atoms with Gasteiger partial charge < -0.3 is 25.0 Å². The van der Waals surface area contributed by atoms with Gasteiger partial charge in [-0.15, -0.1) is 0 Å². The molecule has 0 unspecified atom stereocenters. The van der Waals surface area contributed by atoms with E-state index in [-0.39, 0.29) is 0 Å². The molecule has 7 heteroatoms. The number of hydrogen-bond acceptors (Lipinski definition) is 5. The number of methoxy groups -OCH3 is 1.